The van der Waals surface area contributed by atoms with Crippen LogP contribution in [0.4, 0.5) is 0 Å². The first-order valence-corrected chi connectivity index (χ1v) is 10.6. The quantitative estimate of drug-likeness (QED) is 0.659. The van der Waals surface area contributed by atoms with Crippen molar-refractivity contribution in [3.05, 3.63) is 69.7 Å². The number of halogens is 1. The summed E-state index contributed by atoms with van der Waals surface area (Å²) in [6.07, 6.45) is 0. The SMILES string of the molecule is Cc1nc(-c2ccccc2Cl)sc1C(=O)NCc1ccc(S(N)(=O)=O)cc1. The fourth-order valence-electron chi connectivity index (χ4n) is 2.42. The van der Waals surface area contributed by atoms with E-state index in [0.717, 1.165) is 11.1 Å². The summed E-state index contributed by atoms with van der Waals surface area (Å²) in [4.78, 5) is 17.5. The number of nitrogens with two attached hydrogens (primary N) is 1. The summed E-state index contributed by atoms with van der Waals surface area (Å²) in [5.41, 5.74) is 2.16. The van der Waals surface area contributed by atoms with E-state index in [1.54, 1.807) is 25.1 Å². The van der Waals surface area contributed by atoms with Crippen molar-refractivity contribution < 1.29 is 13.2 Å². The molecule has 0 bridgehead atoms. The van der Waals surface area contributed by atoms with Crippen molar-refractivity contribution in [1.29, 1.82) is 0 Å². The summed E-state index contributed by atoms with van der Waals surface area (Å²) in [5, 5.41) is 9.14. The maximum atomic E-state index is 12.5. The van der Waals surface area contributed by atoms with Crippen LogP contribution in [-0.4, -0.2) is 19.3 Å². The van der Waals surface area contributed by atoms with E-state index < -0.39 is 10.0 Å². The first kappa shape index (κ1) is 19.5. The van der Waals surface area contributed by atoms with Crippen LogP contribution in [-0.2, 0) is 16.6 Å². The standard InChI is InChI=1S/C18H16ClN3O3S2/c1-11-16(26-18(22-11)14-4-2-3-5-15(14)19)17(23)21-10-12-6-8-13(9-7-12)27(20,24)25/h2-9H,10H2,1H3,(H,21,23)(H2,20,24,25). The van der Waals surface area contributed by atoms with Crippen LogP contribution in [0, 0.1) is 6.92 Å². The van der Waals surface area contributed by atoms with Crippen LogP contribution in [0.2, 0.25) is 5.02 Å². The Labute approximate surface area is 166 Å². The molecule has 1 aromatic heterocycles. The van der Waals surface area contributed by atoms with E-state index in [-0.39, 0.29) is 17.3 Å². The Morgan fingerprint density at radius 1 is 1.19 bits per heavy atom. The van der Waals surface area contributed by atoms with Gasteiger partial charge in [-0.3, -0.25) is 4.79 Å². The molecule has 27 heavy (non-hydrogen) atoms. The number of nitrogens with zero attached hydrogens (tertiary/aromatic N) is 1. The van der Waals surface area contributed by atoms with Crippen molar-refractivity contribution >= 4 is 38.9 Å². The third-order valence-electron chi connectivity index (χ3n) is 3.81. The van der Waals surface area contributed by atoms with E-state index in [1.165, 1.54) is 23.5 Å². The van der Waals surface area contributed by atoms with Crippen LogP contribution >= 0.6 is 22.9 Å². The molecule has 0 aliphatic rings. The van der Waals surface area contributed by atoms with Crippen LogP contribution in [0.15, 0.2) is 53.4 Å². The average molecular weight is 422 g/mol. The largest absolute Gasteiger partial charge is 0.347 e. The van der Waals surface area contributed by atoms with Gasteiger partial charge in [0.25, 0.3) is 5.91 Å². The van der Waals surface area contributed by atoms with Crippen LogP contribution in [0.25, 0.3) is 10.6 Å². The number of amides is 1. The molecule has 0 unspecified atom stereocenters. The van der Waals surface area contributed by atoms with Gasteiger partial charge in [-0.25, -0.2) is 18.5 Å². The highest BCUT2D eigenvalue weighted by atomic mass is 35.5. The predicted molar refractivity (Wildman–Crippen MR) is 106 cm³/mol. The third-order valence-corrected chi connectivity index (χ3v) is 6.26. The van der Waals surface area contributed by atoms with Gasteiger partial charge in [-0.2, -0.15) is 0 Å². The monoisotopic (exact) mass is 421 g/mol. The Kier molecular flexibility index (Phi) is 5.61. The lowest BCUT2D eigenvalue weighted by atomic mass is 10.2. The third kappa shape index (κ3) is 4.54. The van der Waals surface area contributed by atoms with E-state index in [4.69, 9.17) is 16.7 Å². The molecule has 140 valence electrons. The van der Waals surface area contributed by atoms with Crippen molar-refractivity contribution in [1.82, 2.24) is 10.3 Å². The summed E-state index contributed by atoms with van der Waals surface area (Å²) < 4.78 is 22.5. The molecule has 2 aromatic carbocycles. The lowest BCUT2D eigenvalue weighted by Gasteiger charge is -2.05. The second kappa shape index (κ2) is 7.77. The maximum Gasteiger partial charge on any atom is 0.263 e. The molecular weight excluding hydrogens is 406 g/mol. The normalized spacial score (nSPS) is 11.4. The molecule has 6 nitrogen and oxygen atoms in total. The van der Waals surface area contributed by atoms with Crippen LogP contribution in [0.5, 0.6) is 0 Å². The van der Waals surface area contributed by atoms with Gasteiger partial charge in [-0.1, -0.05) is 41.9 Å². The second-order valence-corrected chi connectivity index (χ2v) is 8.75. The number of primary sulfonamides is 1. The van der Waals surface area contributed by atoms with E-state index in [9.17, 15) is 13.2 Å². The molecule has 3 aromatic rings. The molecule has 3 N–H and O–H groups in total. The number of aromatic nitrogens is 1. The van der Waals surface area contributed by atoms with Gasteiger partial charge in [0.05, 0.1) is 15.6 Å². The number of nitrogens with one attached hydrogen (secondary N) is 1. The van der Waals surface area contributed by atoms with Gasteiger partial charge in [-0.15, -0.1) is 11.3 Å². The van der Waals surface area contributed by atoms with Crippen LogP contribution in [0.3, 0.4) is 0 Å². The highest BCUT2D eigenvalue weighted by Crippen LogP contribution is 2.32. The molecule has 1 amide bonds. The average Bonchev–Trinajstić information content (AvgIpc) is 3.01. The van der Waals surface area contributed by atoms with Gasteiger partial charge >= 0.3 is 0 Å². The Morgan fingerprint density at radius 2 is 1.85 bits per heavy atom. The molecule has 9 heteroatoms. The lowest BCUT2D eigenvalue weighted by molar-refractivity contribution is 0.0954. The van der Waals surface area contributed by atoms with Crippen molar-refractivity contribution in [2.45, 2.75) is 18.4 Å². The summed E-state index contributed by atoms with van der Waals surface area (Å²) in [5.74, 6) is -0.251. The van der Waals surface area contributed by atoms with Crippen molar-refractivity contribution in [3.8, 4) is 10.6 Å². The van der Waals surface area contributed by atoms with E-state index in [2.05, 4.69) is 10.3 Å². The minimum absolute atomic E-state index is 0.0280. The number of benzene rings is 2. The number of hydrogen-bond donors (Lipinski definition) is 2. The molecule has 0 radical (unpaired) electrons. The summed E-state index contributed by atoms with van der Waals surface area (Å²) in [6, 6.07) is 13.4. The summed E-state index contributed by atoms with van der Waals surface area (Å²) in [7, 11) is -3.73. The first-order chi connectivity index (χ1) is 12.8. The molecule has 0 aliphatic carbocycles. The topological polar surface area (TPSA) is 102 Å². The molecule has 0 saturated heterocycles. The molecule has 0 spiro atoms. The molecule has 1 heterocycles. The number of thiazole rings is 1. The van der Waals surface area contributed by atoms with Gasteiger partial charge in [-0.05, 0) is 30.7 Å². The lowest BCUT2D eigenvalue weighted by Crippen LogP contribution is -2.22. The highest BCUT2D eigenvalue weighted by Gasteiger charge is 2.17. The fourth-order valence-corrected chi connectivity index (χ4v) is 4.24. The fraction of sp³-hybridized carbons (Fsp3) is 0.111. The zero-order valence-electron chi connectivity index (χ0n) is 14.3. The summed E-state index contributed by atoms with van der Waals surface area (Å²) >= 11 is 7.47. The number of rotatable bonds is 5. The Bertz CT molecular complexity index is 1090. The summed E-state index contributed by atoms with van der Waals surface area (Å²) in [6.45, 7) is 2.02. The highest BCUT2D eigenvalue weighted by molar-refractivity contribution is 7.89. The molecule has 0 aliphatic heterocycles. The Morgan fingerprint density at radius 3 is 2.48 bits per heavy atom. The van der Waals surface area contributed by atoms with Crippen LogP contribution in [0.1, 0.15) is 20.9 Å². The number of carbonyl (C=O) groups is 1. The van der Waals surface area contributed by atoms with E-state index in [1.807, 2.05) is 18.2 Å². The van der Waals surface area contributed by atoms with Gasteiger partial charge in [0.2, 0.25) is 10.0 Å². The van der Waals surface area contributed by atoms with E-state index in [0.29, 0.717) is 20.6 Å². The Hall–Kier alpha value is -2.26. The van der Waals surface area contributed by atoms with Gasteiger partial charge < -0.3 is 5.32 Å². The first-order valence-electron chi connectivity index (χ1n) is 7.88. The number of sulfonamides is 1. The number of aryl methyl sites for hydroxylation is 1. The smallest absolute Gasteiger partial charge is 0.263 e. The molecule has 0 saturated carbocycles. The van der Waals surface area contributed by atoms with Crippen LogP contribution < -0.4 is 10.5 Å². The van der Waals surface area contributed by atoms with Crippen molar-refractivity contribution in [2.24, 2.45) is 5.14 Å². The van der Waals surface area contributed by atoms with Gasteiger partial charge in [0, 0.05) is 12.1 Å². The molecule has 0 fully saturated rings. The van der Waals surface area contributed by atoms with Crippen molar-refractivity contribution in [2.75, 3.05) is 0 Å². The minimum Gasteiger partial charge on any atom is -0.347 e. The zero-order valence-corrected chi connectivity index (χ0v) is 16.7. The Balaban J connectivity index is 1.73. The molecule has 0 atom stereocenters. The van der Waals surface area contributed by atoms with Crippen molar-refractivity contribution in [3.63, 3.8) is 0 Å². The number of hydrogen-bond acceptors (Lipinski definition) is 5. The zero-order chi connectivity index (χ0) is 19.6. The van der Waals surface area contributed by atoms with E-state index >= 15 is 0 Å². The minimum atomic E-state index is -3.73. The van der Waals surface area contributed by atoms with Gasteiger partial charge in [0.1, 0.15) is 9.88 Å². The maximum absolute atomic E-state index is 12.5. The number of carbonyl (C=O) groups excluding carboxylic acids is 1. The van der Waals surface area contributed by atoms with Gasteiger partial charge in [0.15, 0.2) is 0 Å². The second-order valence-electron chi connectivity index (χ2n) is 5.79. The predicted octanol–water partition coefficient (Wildman–Crippen LogP) is 3.35. The molecular formula is C18H16ClN3O3S2. The molecule has 3 rings (SSSR count).